The molecule has 0 fully saturated rings. The van der Waals surface area contributed by atoms with Crippen LogP contribution in [0.15, 0.2) is 36.8 Å². The van der Waals surface area contributed by atoms with E-state index in [2.05, 4.69) is 9.97 Å². The van der Waals surface area contributed by atoms with Gasteiger partial charge in [-0.3, -0.25) is 4.98 Å². The van der Waals surface area contributed by atoms with Gasteiger partial charge < -0.3 is 15.7 Å². The minimum absolute atomic E-state index is 0.0940. The van der Waals surface area contributed by atoms with Crippen LogP contribution in [0.1, 0.15) is 15.9 Å². The van der Waals surface area contributed by atoms with Crippen LogP contribution in [0.3, 0.4) is 0 Å². The smallest absolute Gasteiger partial charge is 0.339 e. The average molecular weight is 258 g/mol. The van der Waals surface area contributed by atoms with Crippen molar-refractivity contribution in [3.05, 3.63) is 47.9 Å². The standard InChI is InChI=1S/C13H14N4O2/c1-17(8-9-2-4-15-5-3-9)12-11(13(18)19)6-10(14)7-16-12/h2-7H,8,14H2,1H3,(H,18,19). The van der Waals surface area contributed by atoms with Gasteiger partial charge in [-0.2, -0.15) is 0 Å². The van der Waals surface area contributed by atoms with Crippen molar-refractivity contribution >= 4 is 17.5 Å². The minimum atomic E-state index is -1.05. The summed E-state index contributed by atoms with van der Waals surface area (Å²) in [5.74, 6) is -0.658. The van der Waals surface area contributed by atoms with Gasteiger partial charge in [-0.25, -0.2) is 9.78 Å². The topological polar surface area (TPSA) is 92.3 Å². The van der Waals surface area contributed by atoms with E-state index in [1.165, 1.54) is 12.3 Å². The number of aromatic carboxylic acids is 1. The summed E-state index contributed by atoms with van der Waals surface area (Å²) in [4.78, 5) is 21.0. The molecule has 2 aromatic rings. The van der Waals surface area contributed by atoms with Crippen LogP contribution in [-0.2, 0) is 6.54 Å². The number of hydrogen-bond acceptors (Lipinski definition) is 5. The van der Waals surface area contributed by atoms with Crippen LogP contribution in [0.5, 0.6) is 0 Å². The lowest BCUT2D eigenvalue weighted by molar-refractivity contribution is 0.0697. The molecule has 0 aliphatic rings. The first kappa shape index (κ1) is 12.8. The zero-order chi connectivity index (χ0) is 13.8. The predicted molar refractivity (Wildman–Crippen MR) is 72.0 cm³/mol. The molecule has 19 heavy (non-hydrogen) atoms. The van der Waals surface area contributed by atoms with Crippen molar-refractivity contribution in [1.29, 1.82) is 0 Å². The van der Waals surface area contributed by atoms with E-state index in [0.717, 1.165) is 5.56 Å². The SMILES string of the molecule is CN(Cc1ccncc1)c1ncc(N)cc1C(=O)O. The number of aromatic nitrogens is 2. The monoisotopic (exact) mass is 258 g/mol. The maximum atomic E-state index is 11.2. The number of nitrogens with two attached hydrogens (primary N) is 1. The molecule has 2 heterocycles. The molecule has 2 aromatic heterocycles. The molecule has 6 nitrogen and oxygen atoms in total. The second-order valence-corrected chi connectivity index (χ2v) is 4.16. The van der Waals surface area contributed by atoms with E-state index in [1.807, 2.05) is 12.1 Å². The van der Waals surface area contributed by atoms with Crippen LogP contribution < -0.4 is 10.6 Å². The van der Waals surface area contributed by atoms with Crippen molar-refractivity contribution in [2.24, 2.45) is 0 Å². The third-order valence-electron chi connectivity index (χ3n) is 2.65. The lowest BCUT2D eigenvalue weighted by Gasteiger charge is -2.20. The van der Waals surface area contributed by atoms with Crippen molar-refractivity contribution in [3.8, 4) is 0 Å². The maximum Gasteiger partial charge on any atom is 0.339 e. The quantitative estimate of drug-likeness (QED) is 0.861. The lowest BCUT2D eigenvalue weighted by Crippen LogP contribution is -2.21. The van der Waals surface area contributed by atoms with Crippen molar-refractivity contribution < 1.29 is 9.90 Å². The summed E-state index contributed by atoms with van der Waals surface area (Å²) in [5.41, 5.74) is 7.01. The van der Waals surface area contributed by atoms with Gasteiger partial charge >= 0.3 is 5.97 Å². The van der Waals surface area contributed by atoms with E-state index in [9.17, 15) is 9.90 Å². The van der Waals surface area contributed by atoms with E-state index in [-0.39, 0.29) is 5.56 Å². The number of anilines is 2. The number of pyridine rings is 2. The highest BCUT2D eigenvalue weighted by atomic mass is 16.4. The van der Waals surface area contributed by atoms with Crippen LogP contribution in [0, 0.1) is 0 Å². The molecule has 0 bridgehead atoms. The van der Waals surface area contributed by atoms with Gasteiger partial charge in [0.05, 0.1) is 11.9 Å². The average Bonchev–Trinajstić information content (AvgIpc) is 2.39. The fraction of sp³-hybridized carbons (Fsp3) is 0.154. The third kappa shape index (κ3) is 2.98. The molecule has 0 aromatic carbocycles. The van der Waals surface area contributed by atoms with Crippen molar-refractivity contribution in [3.63, 3.8) is 0 Å². The number of nitrogens with zero attached hydrogens (tertiary/aromatic N) is 3. The van der Waals surface area contributed by atoms with E-state index in [0.29, 0.717) is 18.1 Å². The molecule has 3 N–H and O–H groups in total. The second kappa shape index (κ2) is 5.34. The Balaban J connectivity index is 2.28. The van der Waals surface area contributed by atoms with Gasteiger partial charge in [0.1, 0.15) is 11.4 Å². The highest BCUT2D eigenvalue weighted by Gasteiger charge is 2.15. The Morgan fingerprint density at radius 2 is 2.11 bits per heavy atom. The molecule has 0 unspecified atom stereocenters. The number of nitrogen functional groups attached to an aromatic ring is 1. The molecule has 0 saturated carbocycles. The summed E-state index contributed by atoms with van der Waals surface area (Å²) in [6.45, 7) is 0.541. The summed E-state index contributed by atoms with van der Waals surface area (Å²) in [6.07, 6.45) is 4.83. The van der Waals surface area contributed by atoms with E-state index in [4.69, 9.17) is 5.73 Å². The van der Waals surface area contributed by atoms with Gasteiger partial charge in [-0.15, -0.1) is 0 Å². The van der Waals surface area contributed by atoms with Crippen molar-refractivity contribution in [2.45, 2.75) is 6.54 Å². The van der Waals surface area contributed by atoms with E-state index < -0.39 is 5.97 Å². The van der Waals surface area contributed by atoms with Crippen LogP contribution in [0.2, 0.25) is 0 Å². The Morgan fingerprint density at radius 1 is 1.42 bits per heavy atom. The van der Waals surface area contributed by atoms with Gasteiger partial charge in [-0.05, 0) is 23.8 Å². The summed E-state index contributed by atoms with van der Waals surface area (Å²) < 4.78 is 0. The highest BCUT2D eigenvalue weighted by Crippen LogP contribution is 2.20. The normalized spacial score (nSPS) is 10.2. The number of rotatable bonds is 4. The van der Waals surface area contributed by atoms with Crippen LogP contribution in [0.4, 0.5) is 11.5 Å². The zero-order valence-corrected chi connectivity index (χ0v) is 10.4. The summed E-state index contributed by atoms with van der Waals surface area (Å²) in [7, 11) is 1.78. The van der Waals surface area contributed by atoms with Gasteiger partial charge in [0.25, 0.3) is 0 Å². The number of carbonyl (C=O) groups is 1. The Morgan fingerprint density at radius 3 is 2.74 bits per heavy atom. The fourth-order valence-corrected chi connectivity index (χ4v) is 1.77. The first-order chi connectivity index (χ1) is 9.08. The van der Waals surface area contributed by atoms with Gasteiger partial charge in [0.15, 0.2) is 0 Å². The molecule has 0 spiro atoms. The largest absolute Gasteiger partial charge is 0.478 e. The summed E-state index contributed by atoms with van der Waals surface area (Å²) in [6, 6.07) is 5.15. The van der Waals surface area contributed by atoms with Gasteiger partial charge in [0.2, 0.25) is 0 Å². The van der Waals surface area contributed by atoms with Crippen LogP contribution in [-0.4, -0.2) is 28.1 Å². The second-order valence-electron chi connectivity index (χ2n) is 4.16. The molecule has 0 aliphatic carbocycles. The molecule has 0 radical (unpaired) electrons. The van der Waals surface area contributed by atoms with Crippen molar-refractivity contribution in [2.75, 3.05) is 17.7 Å². The molecule has 6 heteroatoms. The molecule has 0 atom stereocenters. The zero-order valence-electron chi connectivity index (χ0n) is 10.4. The Hall–Kier alpha value is -2.63. The molecule has 98 valence electrons. The maximum absolute atomic E-state index is 11.2. The Bertz CT molecular complexity index is 586. The molecular weight excluding hydrogens is 244 g/mol. The summed E-state index contributed by atoms with van der Waals surface area (Å²) >= 11 is 0. The molecule has 0 amide bonds. The first-order valence-corrected chi connectivity index (χ1v) is 5.67. The van der Waals surface area contributed by atoms with E-state index >= 15 is 0 Å². The number of hydrogen-bond donors (Lipinski definition) is 2. The van der Waals surface area contributed by atoms with E-state index in [1.54, 1.807) is 24.3 Å². The van der Waals surface area contributed by atoms with Crippen LogP contribution in [0.25, 0.3) is 0 Å². The lowest BCUT2D eigenvalue weighted by atomic mass is 10.2. The van der Waals surface area contributed by atoms with Crippen molar-refractivity contribution in [1.82, 2.24) is 9.97 Å². The predicted octanol–water partition coefficient (Wildman–Crippen LogP) is 1.39. The Labute approximate surface area is 110 Å². The molecule has 2 rings (SSSR count). The first-order valence-electron chi connectivity index (χ1n) is 5.67. The highest BCUT2D eigenvalue weighted by molar-refractivity contribution is 5.94. The van der Waals surface area contributed by atoms with Gasteiger partial charge in [0, 0.05) is 26.0 Å². The van der Waals surface area contributed by atoms with Gasteiger partial charge in [-0.1, -0.05) is 0 Å². The van der Waals surface area contributed by atoms with Crippen LogP contribution >= 0.6 is 0 Å². The molecule has 0 saturated heterocycles. The third-order valence-corrected chi connectivity index (χ3v) is 2.65. The minimum Gasteiger partial charge on any atom is -0.478 e. The molecular formula is C13H14N4O2. The number of carboxylic acid groups (broad SMARTS) is 1. The fourth-order valence-electron chi connectivity index (χ4n) is 1.77. The molecule has 0 aliphatic heterocycles. The Kier molecular flexibility index (Phi) is 3.61. The summed E-state index contributed by atoms with van der Waals surface area (Å²) in [5, 5.41) is 9.17. The number of carboxylic acids is 1.